The Morgan fingerprint density at radius 1 is 1.48 bits per heavy atom. The normalized spacial score (nSPS) is 17.8. The fourth-order valence-corrected chi connectivity index (χ4v) is 2.43. The van der Waals surface area contributed by atoms with Crippen molar-refractivity contribution in [2.75, 3.05) is 25.9 Å². The number of carbonyl (C=O) groups excluding carboxylic acids is 2. The first-order valence-electron chi connectivity index (χ1n) is 6.80. The minimum atomic E-state index is -0.0999. The Balaban J connectivity index is 0.00000220. The lowest BCUT2D eigenvalue weighted by Crippen LogP contribution is -2.45. The predicted molar refractivity (Wildman–Crippen MR) is 83.0 cm³/mol. The highest BCUT2D eigenvalue weighted by Gasteiger charge is 2.27. The Morgan fingerprint density at radius 3 is 2.86 bits per heavy atom. The van der Waals surface area contributed by atoms with Crippen LogP contribution in [0.2, 0.25) is 0 Å². The number of nitrogens with zero attached hydrogens (tertiary/aromatic N) is 2. The molecule has 0 saturated carbocycles. The fraction of sp³-hybridized carbons (Fsp3) is 0.500. The number of rotatable bonds is 3. The van der Waals surface area contributed by atoms with E-state index in [-0.39, 0.29) is 36.6 Å². The van der Waals surface area contributed by atoms with Crippen LogP contribution in [0.15, 0.2) is 18.3 Å². The molecule has 2 rings (SSSR count). The van der Waals surface area contributed by atoms with Crippen LogP contribution in [0.1, 0.15) is 18.5 Å². The van der Waals surface area contributed by atoms with E-state index in [2.05, 4.69) is 10.3 Å². The van der Waals surface area contributed by atoms with Crippen molar-refractivity contribution in [1.29, 1.82) is 0 Å². The van der Waals surface area contributed by atoms with Gasteiger partial charge in [0.05, 0.1) is 24.2 Å². The summed E-state index contributed by atoms with van der Waals surface area (Å²) in [6.45, 7) is 1.20. The number of likely N-dealkylation sites (tertiary alicyclic amines) is 1. The summed E-state index contributed by atoms with van der Waals surface area (Å²) in [5.41, 5.74) is 6.85. The molecule has 1 saturated heterocycles. The lowest BCUT2D eigenvalue weighted by Gasteiger charge is -2.31. The molecule has 6 nitrogen and oxygen atoms in total. The summed E-state index contributed by atoms with van der Waals surface area (Å²) in [7, 11) is 1.63. The van der Waals surface area contributed by atoms with Gasteiger partial charge in [-0.1, -0.05) is 0 Å². The number of halogens is 1. The topological polar surface area (TPSA) is 88.3 Å². The van der Waals surface area contributed by atoms with Gasteiger partial charge in [-0.3, -0.25) is 14.6 Å². The van der Waals surface area contributed by atoms with Crippen molar-refractivity contribution in [1.82, 2.24) is 15.2 Å². The molecule has 1 atom stereocenters. The number of amides is 2. The molecule has 1 aromatic rings. The Hall–Kier alpha value is -1.82. The Morgan fingerprint density at radius 2 is 2.24 bits per heavy atom. The lowest BCUT2D eigenvalue weighted by molar-refractivity contribution is -0.135. The number of hydrogen-bond acceptors (Lipinski definition) is 4. The second kappa shape index (κ2) is 7.83. The summed E-state index contributed by atoms with van der Waals surface area (Å²) in [6, 6.07) is 3.49. The van der Waals surface area contributed by atoms with Crippen molar-refractivity contribution in [2.24, 2.45) is 5.92 Å². The molecule has 0 aliphatic carbocycles. The first-order valence-corrected chi connectivity index (χ1v) is 6.80. The number of piperidine rings is 1. The molecule has 0 aromatic carbocycles. The van der Waals surface area contributed by atoms with Crippen molar-refractivity contribution in [2.45, 2.75) is 19.3 Å². The van der Waals surface area contributed by atoms with E-state index in [0.717, 1.165) is 12.8 Å². The summed E-state index contributed by atoms with van der Waals surface area (Å²) in [5.74, 6) is -0.0824. The highest BCUT2D eigenvalue weighted by atomic mass is 35.5. The lowest BCUT2D eigenvalue weighted by atomic mass is 9.97. The molecular formula is C14H21ClN4O2. The maximum atomic E-state index is 12.2. The first-order chi connectivity index (χ1) is 9.60. The smallest absolute Gasteiger partial charge is 0.228 e. The molecule has 1 aliphatic heterocycles. The van der Waals surface area contributed by atoms with Crippen LogP contribution >= 0.6 is 12.4 Å². The van der Waals surface area contributed by atoms with E-state index in [1.807, 2.05) is 0 Å². The zero-order valence-electron chi connectivity index (χ0n) is 12.0. The number of pyridine rings is 1. The molecule has 1 aliphatic rings. The molecular weight excluding hydrogens is 292 g/mol. The molecule has 7 heteroatoms. The summed E-state index contributed by atoms with van der Waals surface area (Å²) >= 11 is 0. The number of anilines is 1. The fourth-order valence-electron chi connectivity index (χ4n) is 2.43. The Kier molecular flexibility index (Phi) is 6.42. The van der Waals surface area contributed by atoms with Crippen LogP contribution in [0.3, 0.4) is 0 Å². The standard InChI is InChI=1S/C14H20N4O2.ClH/c1-16-14(20)10-3-2-6-18(9-10)13(19)7-12-5-4-11(15)8-17-12;/h4-5,8,10H,2-3,6-7,9,15H2,1H3,(H,16,20);1H. The third-order valence-electron chi connectivity index (χ3n) is 3.57. The van der Waals surface area contributed by atoms with E-state index >= 15 is 0 Å². The molecule has 1 aromatic heterocycles. The zero-order chi connectivity index (χ0) is 14.5. The van der Waals surface area contributed by atoms with E-state index in [1.165, 1.54) is 0 Å². The number of nitrogens with two attached hydrogens (primary N) is 1. The molecule has 0 bridgehead atoms. The molecule has 2 heterocycles. The molecule has 1 fully saturated rings. The van der Waals surface area contributed by atoms with Gasteiger partial charge in [-0.25, -0.2) is 0 Å². The number of hydrogen-bond donors (Lipinski definition) is 2. The predicted octanol–water partition coefficient (Wildman–Crippen LogP) is 0.613. The van der Waals surface area contributed by atoms with Crippen LogP contribution in [0, 0.1) is 5.92 Å². The van der Waals surface area contributed by atoms with Crippen LogP contribution in [0.4, 0.5) is 5.69 Å². The van der Waals surface area contributed by atoms with Gasteiger partial charge >= 0.3 is 0 Å². The Bertz CT molecular complexity index is 492. The summed E-state index contributed by atoms with van der Waals surface area (Å²) in [4.78, 5) is 29.8. The number of nitrogen functional groups attached to an aromatic ring is 1. The van der Waals surface area contributed by atoms with Gasteiger partial charge in [0, 0.05) is 25.8 Å². The molecule has 21 heavy (non-hydrogen) atoms. The SMILES string of the molecule is CNC(=O)C1CCCN(C(=O)Cc2ccc(N)cn2)C1.Cl. The molecule has 1 unspecified atom stereocenters. The van der Waals surface area contributed by atoms with E-state index in [0.29, 0.717) is 24.5 Å². The summed E-state index contributed by atoms with van der Waals surface area (Å²) < 4.78 is 0. The number of aromatic nitrogens is 1. The minimum absolute atomic E-state index is 0. The second-order valence-corrected chi connectivity index (χ2v) is 5.05. The first kappa shape index (κ1) is 17.2. The quantitative estimate of drug-likeness (QED) is 0.856. The van der Waals surface area contributed by atoms with Crippen molar-refractivity contribution >= 4 is 29.9 Å². The maximum absolute atomic E-state index is 12.2. The minimum Gasteiger partial charge on any atom is -0.397 e. The number of carbonyl (C=O) groups is 2. The highest BCUT2D eigenvalue weighted by Crippen LogP contribution is 2.17. The van der Waals surface area contributed by atoms with Crippen molar-refractivity contribution in [3.05, 3.63) is 24.0 Å². The molecule has 116 valence electrons. The van der Waals surface area contributed by atoms with E-state index in [1.54, 1.807) is 30.3 Å². The molecule has 0 radical (unpaired) electrons. The van der Waals surface area contributed by atoms with Gasteiger partial charge in [0.25, 0.3) is 0 Å². The van der Waals surface area contributed by atoms with Gasteiger partial charge < -0.3 is 16.0 Å². The third-order valence-corrected chi connectivity index (χ3v) is 3.57. The van der Waals surface area contributed by atoms with Crippen LogP contribution in [-0.4, -0.2) is 41.8 Å². The van der Waals surface area contributed by atoms with E-state index < -0.39 is 0 Å². The van der Waals surface area contributed by atoms with E-state index in [4.69, 9.17) is 5.73 Å². The van der Waals surface area contributed by atoms with Crippen molar-refractivity contribution in [3.8, 4) is 0 Å². The van der Waals surface area contributed by atoms with E-state index in [9.17, 15) is 9.59 Å². The van der Waals surface area contributed by atoms with Gasteiger partial charge in [0.2, 0.25) is 11.8 Å². The number of nitrogens with one attached hydrogen (secondary N) is 1. The molecule has 0 spiro atoms. The molecule has 3 N–H and O–H groups in total. The van der Waals surface area contributed by atoms with Gasteiger partial charge in [-0.05, 0) is 25.0 Å². The van der Waals surface area contributed by atoms with Crippen molar-refractivity contribution < 1.29 is 9.59 Å². The highest BCUT2D eigenvalue weighted by molar-refractivity contribution is 5.85. The largest absolute Gasteiger partial charge is 0.397 e. The van der Waals surface area contributed by atoms with Crippen LogP contribution in [0.25, 0.3) is 0 Å². The van der Waals surface area contributed by atoms with Crippen LogP contribution < -0.4 is 11.1 Å². The van der Waals surface area contributed by atoms with Crippen molar-refractivity contribution in [3.63, 3.8) is 0 Å². The second-order valence-electron chi connectivity index (χ2n) is 5.05. The maximum Gasteiger partial charge on any atom is 0.228 e. The summed E-state index contributed by atoms with van der Waals surface area (Å²) in [5, 5.41) is 2.65. The Labute approximate surface area is 130 Å². The van der Waals surface area contributed by atoms with Crippen LogP contribution in [-0.2, 0) is 16.0 Å². The summed E-state index contributed by atoms with van der Waals surface area (Å²) in [6.07, 6.45) is 3.50. The average Bonchev–Trinajstić information content (AvgIpc) is 2.49. The van der Waals surface area contributed by atoms with Gasteiger partial charge in [0.1, 0.15) is 0 Å². The molecule has 2 amide bonds. The van der Waals surface area contributed by atoms with Gasteiger partial charge in [0.15, 0.2) is 0 Å². The van der Waals surface area contributed by atoms with Gasteiger partial charge in [-0.2, -0.15) is 0 Å². The zero-order valence-corrected chi connectivity index (χ0v) is 12.9. The third kappa shape index (κ3) is 4.60. The monoisotopic (exact) mass is 312 g/mol. The average molecular weight is 313 g/mol. The van der Waals surface area contributed by atoms with Gasteiger partial charge in [-0.15, -0.1) is 12.4 Å². The van der Waals surface area contributed by atoms with Crippen LogP contribution in [0.5, 0.6) is 0 Å².